The van der Waals surface area contributed by atoms with Crippen molar-refractivity contribution in [2.24, 2.45) is 0 Å². The van der Waals surface area contributed by atoms with Crippen molar-refractivity contribution >= 4 is 33.0 Å². The molecule has 3 rings (SSSR count). The molecule has 1 aromatic carbocycles. The van der Waals surface area contributed by atoms with Crippen LogP contribution in [0.3, 0.4) is 0 Å². The highest BCUT2D eigenvalue weighted by molar-refractivity contribution is 7.20. The number of nitrogens with one attached hydrogen (secondary N) is 1. The lowest BCUT2D eigenvalue weighted by Crippen LogP contribution is -2.21. The van der Waals surface area contributed by atoms with Gasteiger partial charge in [0.05, 0.1) is 11.4 Å². The third-order valence-corrected chi connectivity index (χ3v) is 3.80. The van der Waals surface area contributed by atoms with Crippen molar-refractivity contribution in [2.45, 2.75) is 6.54 Å². The maximum absolute atomic E-state index is 12.0. The minimum Gasteiger partial charge on any atom is -0.399 e. The standard InChI is InChI=1S/C13H11N3O2S/c14-9-1-2-11-8(5-9)6-12(19-11)13(17)15-7-10-3-4-18-16-10/h1-6H,7,14H2,(H,15,17). The summed E-state index contributed by atoms with van der Waals surface area (Å²) in [5, 5.41) is 7.51. The fraction of sp³-hybridized carbons (Fsp3) is 0.0769. The van der Waals surface area contributed by atoms with Crippen LogP contribution < -0.4 is 11.1 Å². The molecule has 3 aromatic rings. The molecule has 0 saturated carbocycles. The Labute approximate surface area is 113 Å². The number of anilines is 1. The molecule has 2 aromatic heterocycles. The van der Waals surface area contributed by atoms with Crippen molar-refractivity contribution in [1.82, 2.24) is 10.5 Å². The van der Waals surface area contributed by atoms with E-state index in [2.05, 4.69) is 10.5 Å². The van der Waals surface area contributed by atoms with Crippen molar-refractivity contribution in [3.05, 3.63) is 47.2 Å². The van der Waals surface area contributed by atoms with E-state index in [-0.39, 0.29) is 5.91 Å². The molecule has 0 fully saturated rings. The summed E-state index contributed by atoms with van der Waals surface area (Å²) in [7, 11) is 0. The molecule has 0 saturated heterocycles. The number of fused-ring (bicyclic) bond motifs is 1. The molecule has 0 aliphatic rings. The monoisotopic (exact) mass is 273 g/mol. The van der Waals surface area contributed by atoms with Crippen molar-refractivity contribution in [2.75, 3.05) is 5.73 Å². The lowest BCUT2D eigenvalue weighted by molar-refractivity contribution is 0.0954. The Kier molecular flexibility index (Phi) is 2.92. The Morgan fingerprint density at radius 3 is 3.05 bits per heavy atom. The average Bonchev–Trinajstić information content (AvgIpc) is 3.04. The lowest BCUT2D eigenvalue weighted by Gasteiger charge is -1.99. The fourth-order valence-electron chi connectivity index (χ4n) is 1.76. The molecule has 0 atom stereocenters. The van der Waals surface area contributed by atoms with Crippen LogP contribution in [0.15, 0.2) is 41.1 Å². The summed E-state index contributed by atoms with van der Waals surface area (Å²) in [4.78, 5) is 12.7. The topological polar surface area (TPSA) is 81.2 Å². The largest absolute Gasteiger partial charge is 0.399 e. The van der Waals surface area contributed by atoms with Crippen LogP contribution in [0.2, 0.25) is 0 Å². The van der Waals surface area contributed by atoms with Crippen molar-refractivity contribution in [3.63, 3.8) is 0 Å². The van der Waals surface area contributed by atoms with Crippen molar-refractivity contribution in [1.29, 1.82) is 0 Å². The third-order valence-electron chi connectivity index (χ3n) is 2.69. The van der Waals surface area contributed by atoms with E-state index in [1.54, 1.807) is 6.07 Å². The third kappa shape index (κ3) is 2.43. The van der Waals surface area contributed by atoms with Crippen LogP contribution in [0.25, 0.3) is 10.1 Å². The molecule has 5 nitrogen and oxygen atoms in total. The first kappa shape index (κ1) is 11.7. The average molecular weight is 273 g/mol. The number of carbonyl (C=O) groups excluding carboxylic acids is 1. The highest BCUT2D eigenvalue weighted by Crippen LogP contribution is 2.27. The zero-order valence-corrected chi connectivity index (χ0v) is 10.7. The first-order valence-electron chi connectivity index (χ1n) is 5.69. The molecule has 2 heterocycles. The van der Waals surface area contributed by atoms with E-state index in [0.29, 0.717) is 22.8 Å². The van der Waals surface area contributed by atoms with Gasteiger partial charge in [-0.1, -0.05) is 5.16 Å². The van der Waals surface area contributed by atoms with Crippen LogP contribution >= 0.6 is 11.3 Å². The highest BCUT2D eigenvalue weighted by Gasteiger charge is 2.10. The quantitative estimate of drug-likeness (QED) is 0.718. The first-order valence-corrected chi connectivity index (χ1v) is 6.50. The van der Waals surface area contributed by atoms with Gasteiger partial charge in [-0.2, -0.15) is 0 Å². The molecule has 96 valence electrons. The number of amides is 1. The second-order valence-corrected chi connectivity index (χ2v) is 5.17. The Bertz CT molecular complexity index is 719. The summed E-state index contributed by atoms with van der Waals surface area (Å²) in [5.41, 5.74) is 7.11. The minimum absolute atomic E-state index is 0.122. The number of benzene rings is 1. The maximum Gasteiger partial charge on any atom is 0.261 e. The van der Waals surface area contributed by atoms with Crippen LogP contribution in [0.1, 0.15) is 15.4 Å². The van der Waals surface area contributed by atoms with Crippen molar-refractivity contribution < 1.29 is 9.32 Å². The van der Waals surface area contributed by atoms with Gasteiger partial charge < -0.3 is 15.6 Å². The van der Waals surface area contributed by atoms with Gasteiger partial charge >= 0.3 is 0 Å². The van der Waals surface area contributed by atoms with E-state index in [1.807, 2.05) is 24.3 Å². The van der Waals surface area contributed by atoms with E-state index in [0.717, 1.165) is 10.1 Å². The molecule has 6 heteroatoms. The summed E-state index contributed by atoms with van der Waals surface area (Å²) in [6, 6.07) is 9.17. The molecule has 0 unspecified atom stereocenters. The van der Waals surface area contributed by atoms with E-state index in [9.17, 15) is 4.79 Å². The van der Waals surface area contributed by atoms with E-state index >= 15 is 0 Å². The smallest absolute Gasteiger partial charge is 0.261 e. The Morgan fingerprint density at radius 2 is 2.26 bits per heavy atom. The van der Waals surface area contributed by atoms with Crippen LogP contribution in [0.5, 0.6) is 0 Å². The molecule has 3 N–H and O–H groups in total. The van der Waals surface area contributed by atoms with E-state index in [1.165, 1.54) is 17.6 Å². The Hall–Kier alpha value is -2.34. The second kappa shape index (κ2) is 4.74. The fourth-order valence-corrected chi connectivity index (χ4v) is 2.72. The number of thiophene rings is 1. The molecule has 0 bridgehead atoms. The summed E-state index contributed by atoms with van der Waals surface area (Å²) >= 11 is 1.44. The highest BCUT2D eigenvalue weighted by atomic mass is 32.1. The van der Waals surface area contributed by atoms with Gasteiger partial charge in [0.25, 0.3) is 5.91 Å². The predicted octanol–water partition coefficient (Wildman–Crippen LogP) is 2.40. The molecule has 0 spiro atoms. The van der Waals surface area contributed by atoms with E-state index < -0.39 is 0 Å². The van der Waals surface area contributed by atoms with Gasteiger partial charge in [-0.25, -0.2) is 0 Å². The predicted molar refractivity (Wildman–Crippen MR) is 73.9 cm³/mol. The van der Waals surface area contributed by atoms with E-state index in [4.69, 9.17) is 10.3 Å². The molecule has 0 aliphatic heterocycles. The van der Waals surface area contributed by atoms with Crippen molar-refractivity contribution in [3.8, 4) is 0 Å². The molecular formula is C13H11N3O2S. The normalized spacial score (nSPS) is 10.7. The summed E-state index contributed by atoms with van der Waals surface area (Å²) in [6.45, 7) is 0.353. The summed E-state index contributed by atoms with van der Waals surface area (Å²) < 4.78 is 5.74. The number of hydrogen-bond acceptors (Lipinski definition) is 5. The van der Waals surface area contributed by atoms with Crippen LogP contribution in [0, 0.1) is 0 Å². The van der Waals surface area contributed by atoms with Gasteiger partial charge in [-0.3, -0.25) is 4.79 Å². The number of nitrogens with two attached hydrogens (primary N) is 1. The molecular weight excluding hydrogens is 262 g/mol. The number of carbonyl (C=O) groups is 1. The summed E-state index contributed by atoms with van der Waals surface area (Å²) in [6.07, 6.45) is 1.48. The van der Waals surface area contributed by atoms with Gasteiger partial charge in [-0.05, 0) is 29.7 Å². The SMILES string of the molecule is Nc1ccc2sc(C(=O)NCc3ccon3)cc2c1. The lowest BCUT2D eigenvalue weighted by atomic mass is 10.2. The van der Waals surface area contributed by atoms with Gasteiger partial charge in [0.1, 0.15) is 12.0 Å². The van der Waals surface area contributed by atoms with Crippen LogP contribution in [0.4, 0.5) is 5.69 Å². The minimum atomic E-state index is -0.122. The molecule has 19 heavy (non-hydrogen) atoms. The zero-order valence-electron chi connectivity index (χ0n) is 9.92. The number of rotatable bonds is 3. The maximum atomic E-state index is 12.0. The van der Waals surface area contributed by atoms with Gasteiger partial charge in [0.15, 0.2) is 0 Å². The second-order valence-electron chi connectivity index (χ2n) is 4.08. The van der Waals surface area contributed by atoms with Gasteiger partial charge in [0.2, 0.25) is 0 Å². The Balaban J connectivity index is 1.77. The number of aromatic nitrogens is 1. The van der Waals surface area contributed by atoms with Crippen LogP contribution in [-0.2, 0) is 6.54 Å². The molecule has 0 radical (unpaired) electrons. The number of hydrogen-bond donors (Lipinski definition) is 2. The Morgan fingerprint density at radius 1 is 1.37 bits per heavy atom. The molecule has 1 amide bonds. The zero-order chi connectivity index (χ0) is 13.2. The summed E-state index contributed by atoms with van der Waals surface area (Å²) in [5.74, 6) is -0.122. The first-order chi connectivity index (χ1) is 9.22. The number of nitrogens with zero attached hydrogens (tertiary/aromatic N) is 1. The van der Waals surface area contributed by atoms with Crippen LogP contribution in [-0.4, -0.2) is 11.1 Å². The number of nitrogen functional groups attached to an aromatic ring is 1. The van der Waals surface area contributed by atoms with Gasteiger partial charge in [0, 0.05) is 16.5 Å². The molecule has 0 aliphatic carbocycles. The van der Waals surface area contributed by atoms with Gasteiger partial charge in [-0.15, -0.1) is 11.3 Å².